The third-order valence-corrected chi connectivity index (χ3v) is 7.30. The Morgan fingerprint density at radius 2 is 1.63 bits per heavy atom. The maximum atomic E-state index is 9.90. The minimum Gasteiger partial charge on any atom is -0.437 e. The number of pyridine rings is 1. The largest absolute Gasteiger partial charge is 0.437 e. The minimum absolute atomic E-state index is 0.0507. The van der Waals surface area contributed by atoms with E-state index in [1.165, 1.54) is 5.56 Å². The second-order valence-electron chi connectivity index (χ2n) is 10.7. The van der Waals surface area contributed by atoms with Gasteiger partial charge >= 0.3 is 0 Å². The summed E-state index contributed by atoms with van der Waals surface area (Å²) in [7, 11) is 0. The summed E-state index contributed by atoms with van der Waals surface area (Å²) in [4.78, 5) is 9.66. The number of rotatable bonds is 2. The smallest absolute Gasteiger partial charge is 0.227 e. The summed E-state index contributed by atoms with van der Waals surface area (Å²) in [5, 5.41) is 13.7. The van der Waals surface area contributed by atoms with Gasteiger partial charge in [-0.25, -0.2) is 9.97 Å². The first kappa shape index (κ1) is 22.3. The van der Waals surface area contributed by atoms with Gasteiger partial charge in [0.25, 0.3) is 0 Å². The van der Waals surface area contributed by atoms with Gasteiger partial charge in [0.15, 0.2) is 0 Å². The number of furan rings is 1. The lowest BCUT2D eigenvalue weighted by Crippen LogP contribution is -2.11. The number of hydrogen-bond donors (Lipinski definition) is 0. The van der Waals surface area contributed by atoms with Crippen LogP contribution in [-0.4, -0.2) is 14.5 Å². The zero-order valence-corrected chi connectivity index (χ0v) is 21.4. The van der Waals surface area contributed by atoms with E-state index in [4.69, 9.17) is 9.40 Å². The quantitative estimate of drug-likeness (QED) is 0.243. The molecular weight excluding hydrogens is 468 g/mol. The first-order chi connectivity index (χ1) is 18.4. The van der Waals surface area contributed by atoms with Gasteiger partial charge in [-0.1, -0.05) is 63.2 Å². The SMILES string of the molecule is CC(C)(C)c1ccc(-n2c(-c3ccc(C#N)c4c3oc3ncccc34)nc3c4ccccc4ccc32)cc1. The molecular formula is C33H24N4O. The molecule has 7 rings (SSSR count). The Morgan fingerprint density at radius 1 is 0.842 bits per heavy atom. The van der Waals surface area contributed by atoms with Gasteiger partial charge in [0.05, 0.1) is 28.2 Å². The first-order valence-electron chi connectivity index (χ1n) is 12.7. The molecule has 4 aromatic carbocycles. The van der Waals surface area contributed by atoms with Crippen molar-refractivity contribution in [2.24, 2.45) is 0 Å². The number of hydrogen-bond acceptors (Lipinski definition) is 4. The molecule has 7 aromatic rings. The average Bonchev–Trinajstić information content (AvgIpc) is 3.52. The summed E-state index contributed by atoms with van der Waals surface area (Å²) < 4.78 is 8.49. The maximum absolute atomic E-state index is 9.90. The van der Waals surface area contributed by atoms with E-state index < -0.39 is 0 Å². The highest BCUT2D eigenvalue weighted by atomic mass is 16.3. The molecule has 0 bridgehead atoms. The molecule has 0 unspecified atom stereocenters. The van der Waals surface area contributed by atoms with Gasteiger partial charge in [-0.2, -0.15) is 5.26 Å². The molecule has 0 saturated carbocycles. The molecule has 0 aliphatic carbocycles. The molecule has 5 heteroatoms. The minimum atomic E-state index is 0.0507. The van der Waals surface area contributed by atoms with Crippen molar-refractivity contribution >= 4 is 43.9 Å². The van der Waals surface area contributed by atoms with E-state index in [2.05, 4.69) is 84.9 Å². The highest BCUT2D eigenvalue weighted by Crippen LogP contribution is 2.40. The van der Waals surface area contributed by atoms with Crippen LogP contribution >= 0.6 is 0 Å². The van der Waals surface area contributed by atoms with Crippen molar-refractivity contribution < 1.29 is 4.42 Å². The van der Waals surface area contributed by atoms with Gasteiger partial charge < -0.3 is 4.42 Å². The van der Waals surface area contributed by atoms with Crippen LogP contribution in [0.5, 0.6) is 0 Å². The van der Waals surface area contributed by atoms with Crippen LogP contribution in [0.2, 0.25) is 0 Å². The Labute approximate surface area is 219 Å². The van der Waals surface area contributed by atoms with Gasteiger partial charge in [-0.05, 0) is 58.8 Å². The third-order valence-electron chi connectivity index (χ3n) is 7.30. The third kappa shape index (κ3) is 3.24. The number of benzene rings is 4. The van der Waals surface area contributed by atoms with E-state index in [0.717, 1.165) is 49.7 Å². The number of imidazole rings is 1. The summed E-state index contributed by atoms with van der Waals surface area (Å²) in [5.41, 5.74) is 6.75. The summed E-state index contributed by atoms with van der Waals surface area (Å²) in [6.45, 7) is 6.65. The molecule has 0 N–H and O–H groups in total. The van der Waals surface area contributed by atoms with Gasteiger partial charge in [-0.3, -0.25) is 4.57 Å². The van der Waals surface area contributed by atoms with Gasteiger partial charge in [0, 0.05) is 28.0 Å². The van der Waals surface area contributed by atoms with Crippen LogP contribution in [0, 0.1) is 11.3 Å². The molecule has 0 fully saturated rings. The average molecular weight is 493 g/mol. The Morgan fingerprint density at radius 3 is 2.42 bits per heavy atom. The lowest BCUT2D eigenvalue weighted by atomic mass is 9.87. The normalized spacial score (nSPS) is 12.1. The summed E-state index contributed by atoms with van der Waals surface area (Å²) in [6.07, 6.45) is 1.70. The number of nitrogens with zero attached hydrogens (tertiary/aromatic N) is 4. The lowest BCUT2D eigenvalue weighted by molar-refractivity contribution is 0.590. The Kier molecular flexibility index (Phi) is 4.70. The molecule has 182 valence electrons. The van der Waals surface area contributed by atoms with E-state index in [0.29, 0.717) is 16.9 Å². The first-order valence-corrected chi connectivity index (χ1v) is 12.7. The molecule has 0 radical (unpaired) electrons. The fourth-order valence-electron chi connectivity index (χ4n) is 5.35. The van der Waals surface area contributed by atoms with Crippen molar-refractivity contribution in [2.45, 2.75) is 26.2 Å². The van der Waals surface area contributed by atoms with E-state index in [-0.39, 0.29) is 5.41 Å². The van der Waals surface area contributed by atoms with E-state index in [1.807, 2.05) is 36.4 Å². The topological polar surface area (TPSA) is 67.6 Å². The summed E-state index contributed by atoms with van der Waals surface area (Å²) in [5.74, 6) is 0.758. The molecule has 0 spiro atoms. The monoisotopic (exact) mass is 492 g/mol. The zero-order valence-electron chi connectivity index (χ0n) is 21.4. The molecule has 0 saturated heterocycles. The number of fused-ring (bicyclic) bond motifs is 6. The van der Waals surface area contributed by atoms with Crippen molar-refractivity contribution in [3.05, 3.63) is 102 Å². The Balaban J connectivity index is 1.60. The summed E-state index contributed by atoms with van der Waals surface area (Å²) in [6, 6.07) is 31.2. The van der Waals surface area contributed by atoms with E-state index >= 15 is 0 Å². The molecule has 0 aliphatic heterocycles. The number of aromatic nitrogens is 3. The molecule has 0 amide bonds. The van der Waals surface area contributed by atoms with Crippen LogP contribution in [0.3, 0.4) is 0 Å². The highest BCUT2D eigenvalue weighted by Gasteiger charge is 2.23. The van der Waals surface area contributed by atoms with Crippen LogP contribution in [0.25, 0.3) is 61.0 Å². The molecule has 0 atom stereocenters. The zero-order chi connectivity index (χ0) is 26.0. The van der Waals surface area contributed by atoms with Gasteiger partial charge in [0.2, 0.25) is 5.71 Å². The fraction of sp³-hybridized carbons (Fsp3) is 0.121. The fourth-order valence-corrected chi connectivity index (χ4v) is 5.35. The second-order valence-corrected chi connectivity index (χ2v) is 10.7. The second kappa shape index (κ2) is 8.03. The summed E-state index contributed by atoms with van der Waals surface area (Å²) >= 11 is 0. The lowest BCUT2D eigenvalue weighted by Gasteiger charge is -2.19. The van der Waals surface area contributed by atoms with Gasteiger partial charge in [-0.15, -0.1) is 0 Å². The van der Waals surface area contributed by atoms with Crippen molar-refractivity contribution in [1.29, 1.82) is 5.26 Å². The molecule has 3 aromatic heterocycles. The van der Waals surface area contributed by atoms with Crippen molar-refractivity contribution in [1.82, 2.24) is 14.5 Å². The van der Waals surface area contributed by atoms with Crippen LogP contribution < -0.4 is 0 Å². The van der Waals surface area contributed by atoms with E-state index in [9.17, 15) is 5.26 Å². The number of nitriles is 1. The van der Waals surface area contributed by atoms with Gasteiger partial charge in [0.1, 0.15) is 11.4 Å². The Bertz CT molecular complexity index is 2070. The maximum Gasteiger partial charge on any atom is 0.227 e. The standard InChI is InChI=1S/C33H24N4O/c1-33(2,3)22-12-14-23(15-13-22)37-27-17-11-20-7-4-5-8-24(20)29(27)36-31(37)26-16-10-21(19-34)28-25-9-6-18-35-32(25)38-30(26)28/h4-18H,1-3H3. The molecule has 3 heterocycles. The molecule has 0 aliphatic rings. The van der Waals surface area contributed by atoms with Crippen molar-refractivity contribution in [3.63, 3.8) is 0 Å². The Hall–Kier alpha value is -4.95. The van der Waals surface area contributed by atoms with Crippen molar-refractivity contribution in [2.75, 3.05) is 0 Å². The van der Waals surface area contributed by atoms with Crippen LogP contribution in [0.15, 0.2) is 95.5 Å². The van der Waals surface area contributed by atoms with E-state index in [1.54, 1.807) is 6.20 Å². The molecule has 5 nitrogen and oxygen atoms in total. The molecule has 38 heavy (non-hydrogen) atoms. The van der Waals surface area contributed by atoms with Crippen LogP contribution in [-0.2, 0) is 5.41 Å². The van der Waals surface area contributed by atoms with Crippen LogP contribution in [0.4, 0.5) is 0 Å². The van der Waals surface area contributed by atoms with Crippen LogP contribution in [0.1, 0.15) is 31.9 Å². The highest BCUT2D eigenvalue weighted by molar-refractivity contribution is 6.12. The van der Waals surface area contributed by atoms with Crippen molar-refractivity contribution in [3.8, 4) is 23.1 Å². The predicted molar refractivity (Wildman–Crippen MR) is 152 cm³/mol. The predicted octanol–water partition coefficient (Wildman–Crippen LogP) is 8.31.